The van der Waals surface area contributed by atoms with Crippen LogP contribution in [0.4, 0.5) is 26.3 Å². The zero-order chi connectivity index (χ0) is 15.7. The first-order chi connectivity index (χ1) is 8.97. The van der Waals surface area contributed by atoms with Crippen molar-refractivity contribution in [3.63, 3.8) is 0 Å². The van der Waals surface area contributed by atoms with E-state index in [2.05, 4.69) is 9.72 Å². The van der Waals surface area contributed by atoms with E-state index in [4.69, 9.17) is 17.3 Å². The third-order valence-corrected chi connectivity index (χ3v) is 2.21. The average Bonchev–Trinajstić information content (AvgIpc) is 2.24. The van der Waals surface area contributed by atoms with Crippen LogP contribution in [0.15, 0.2) is 6.20 Å². The number of nitrogens with zero attached hydrogens (tertiary/aromatic N) is 1. The molecule has 0 aromatic carbocycles. The molecule has 1 aromatic heterocycles. The first-order valence-corrected chi connectivity index (χ1v) is 5.10. The zero-order valence-electron chi connectivity index (χ0n) is 9.27. The molecule has 20 heavy (non-hydrogen) atoms. The Morgan fingerprint density at radius 2 is 1.85 bits per heavy atom. The molecule has 1 heterocycles. The van der Waals surface area contributed by atoms with Crippen molar-refractivity contribution in [1.82, 2.24) is 4.98 Å². The summed E-state index contributed by atoms with van der Waals surface area (Å²) in [6.45, 7) is -0.680. The number of halogens is 7. The summed E-state index contributed by atoms with van der Waals surface area (Å²) in [7, 11) is 0. The number of hydrogen-bond acceptors (Lipinski definition) is 4. The molecule has 0 aliphatic heterocycles. The minimum atomic E-state index is -5.34. The molecule has 1 aromatic rings. The van der Waals surface area contributed by atoms with E-state index in [0.29, 0.717) is 0 Å². The van der Waals surface area contributed by atoms with E-state index in [1.807, 2.05) is 0 Å². The second kappa shape index (κ2) is 5.44. The highest BCUT2D eigenvalue weighted by atomic mass is 35.5. The standard InChI is InChI=1S/C9H5ClF6N2O2/c10-7(19)5-3(8(11,12)13)2-18-4(1-17)6(5)20-9(14,15)16/h2H,1,17H2. The van der Waals surface area contributed by atoms with E-state index >= 15 is 0 Å². The van der Waals surface area contributed by atoms with Crippen LogP contribution in [-0.2, 0) is 12.7 Å². The van der Waals surface area contributed by atoms with Crippen molar-refractivity contribution in [3.8, 4) is 5.75 Å². The Morgan fingerprint density at radius 3 is 2.20 bits per heavy atom. The van der Waals surface area contributed by atoms with E-state index in [9.17, 15) is 31.1 Å². The molecule has 0 saturated heterocycles. The summed E-state index contributed by atoms with van der Waals surface area (Å²) in [5.74, 6) is -1.45. The SMILES string of the molecule is NCc1ncc(C(F)(F)F)c(C(=O)Cl)c1OC(F)(F)F. The van der Waals surface area contributed by atoms with Gasteiger partial charge in [-0.05, 0) is 11.6 Å². The molecular weight excluding hydrogens is 318 g/mol. The lowest BCUT2D eigenvalue weighted by Crippen LogP contribution is -2.23. The minimum Gasteiger partial charge on any atom is -0.403 e. The maximum atomic E-state index is 12.6. The minimum absolute atomic E-state index is 0.168. The summed E-state index contributed by atoms with van der Waals surface area (Å²) in [6, 6.07) is 0. The zero-order valence-corrected chi connectivity index (χ0v) is 10.0. The summed E-state index contributed by atoms with van der Waals surface area (Å²) in [6.07, 6.45) is -10.3. The lowest BCUT2D eigenvalue weighted by molar-refractivity contribution is -0.275. The molecule has 11 heteroatoms. The van der Waals surface area contributed by atoms with Crippen LogP contribution in [0.1, 0.15) is 21.6 Å². The van der Waals surface area contributed by atoms with Crippen LogP contribution in [0.5, 0.6) is 5.75 Å². The van der Waals surface area contributed by atoms with Crippen molar-refractivity contribution in [2.24, 2.45) is 5.73 Å². The maximum absolute atomic E-state index is 12.6. The van der Waals surface area contributed by atoms with E-state index < -0.39 is 46.9 Å². The van der Waals surface area contributed by atoms with Crippen LogP contribution in [0, 0.1) is 0 Å². The maximum Gasteiger partial charge on any atom is 0.573 e. The molecular formula is C9H5ClF6N2O2. The summed E-state index contributed by atoms with van der Waals surface area (Å²) in [5, 5.41) is -1.77. The lowest BCUT2D eigenvalue weighted by Gasteiger charge is -2.18. The Bertz CT molecular complexity index is 528. The van der Waals surface area contributed by atoms with Crippen molar-refractivity contribution in [2.75, 3.05) is 0 Å². The third kappa shape index (κ3) is 3.73. The van der Waals surface area contributed by atoms with Crippen molar-refractivity contribution in [1.29, 1.82) is 0 Å². The molecule has 0 amide bonds. The van der Waals surface area contributed by atoms with Crippen molar-refractivity contribution < 1.29 is 35.9 Å². The Balaban J connectivity index is 3.62. The van der Waals surface area contributed by atoms with Crippen molar-refractivity contribution in [3.05, 3.63) is 23.0 Å². The topological polar surface area (TPSA) is 65.2 Å². The Kier molecular flexibility index (Phi) is 4.49. The Labute approximate surface area is 112 Å². The van der Waals surface area contributed by atoms with Crippen LogP contribution in [0.2, 0.25) is 0 Å². The largest absolute Gasteiger partial charge is 0.573 e. The molecule has 4 nitrogen and oxygen atoms in total. The van der Waals surface area contributed by atoms with E-state index in [1.165, 1.54) is 0 Å². The fourth-order valence-electron chi connectivity index (χ4n) is 1.31. The first kappa shape index (κ1) is 16.5. The number of alkyl halides is 6. The summed E-state index contributed by atoms with van der Waals surface area (Å²) in [5.41, 5.74) is 1.15. The molecule has 0 fully saturated rings. The van der Waals surface area contributed by atoms with E-state index in [-0.39, 0.29) is 6.20 Å². The van der Waals surface area contributed by atoms with Gasteiger partial charge in [0.25, 0.3) is 5.24 Å². The second-order valence-electron chi connectivity index (χ2n) is 3.35. The molecule has 0 atom stereocenters. The van der Waals surface area contributed by atoms with Crippen LogP contribution in [0.3, 0.4) is 0 Å². The fourth-order valence-corrected chi connectivity index (χ4v) is 1.50. The Morgan fingerprint density at radius 1 is 1.30 bits per heavy atom. The smallest absolute Gasteiger partial charge is 0.403 e. The number of carbonyl (C=O) groups is 1. The quantitative estimate of drug-likeness (QED) is 0.686. The van der Waals surface area contributed by atoms with Gasteiger partial charge in [0.2, 0.25) is 0 Å². The second-order valence-corrected chi connectivity index (χ2v) is 3.69. The number of aromatic nitrogens is 1. The lowest BCUT2D eigenvalue weighted by atomic mass is 10.1. The van der Waals surface area contributed by atoms with Crippen molar-refractivity contribution in [2.45, 2.75) is 19.1 Å². The number of rotatable bonds is 3. The van der Waals surface area contributed by atoms with Gasteiger partial charge in [0.1, 0.15) is 0 Å². The molecule has 0 aliphatic carbocycles. The van der Waals surface area contributed by atoms with Crippen LogP contribution in [0.25, 0.3) is 0 Å². The molecule has 0 spiro atoms. The van der Waals surface area contributed by atoms with Gasteiger partial charge in [-0.15, -0.1) is 13.2 Å². The van der Waals surface area contributed by atoms with Gasteiger partial charge >= 0.3 is 12.5 Å². The van der Waals surface area contributed by atoms with Crippen LogP contribution < -0.4 is 10.5 Å². The van der Waals surface area contributed by atoms with Gasteiger partial charge in [-0.3, -0.25) is 9.78 Å². The summed E-state index contributed by atoms with van der Waals surface area (Å²) in [4.78, 5) is 14.1. The van der Waals surface area contributed by atoms with Gasteiger partial charge in [0.05, 0.1) is 16.8 Å². The molecule has 0 aliphatic rings. The van der Waals surface area contributed by atoms with Gasteiger partial charge in [-0.1, -0.05) is 0 Å². The number of pyridine rings is 1. The molecule has 0 unspecified atom stereocenters. The first-order valence-electron chi connectivity index (χ1n) is 4.72. The average molecular weight is 323 g/mol. The van der Waals surface area contributed by atoms with Gasteiger partial charge in [0, 0.05) is 12.7 Å². The van der Waals surface area contributed by atoms with Crippen LogP contribution in [-0.4, -0.2) is 16.6 Å². The highest BCUT2D eigenvalue weighted by Gasteiger charge is 2.41. The Hall–Kier alpha value is -1.55. The normalized spacial score (nSPS) is 12.4. The number of nitrogens with two attached hydrogens (primary N) is 1. The monoisotopic (exact) mass is 322 g/mol. The predicted molar refractivity (Wildman–Crippen MR) is 54.0 cm³/mol. The molecule has 2 N–H and O–H groups in total. The predicted octanol–water partition coefficient (Wildman–Crippen LogP) is 2.84. The molecule has 0 saturated carbocycles. The molecule has 112 valence electrons. The van der Waals surface area contributed by atoms with Gasteiger partial charge in [0.15, 0.2) is 5.75 Å². The number of carbonyl (C=O) groups excluding carboxylic acids is 1. The van der Waals surface area contributed by atoms with Gasteiger partial charge in [-0.2, -0.15) is 13.2 Å². The highest BCUT2D eigenvalue weighted by molar-refractivity contribution is 6.68. The third-order valence-electron chi connectivity index (χ3n) is 2.02. The number of hydrogen-bond donors (Lipinski definition) is 1. The highest BCUT2D eigenvalue weighted by Crippen LogP contribution is 2.39. The molecule has 0 bridgehead atoms. The van der Waals surface area contributed by atoms with Gasteiger partial charge < -0.3 is 10.5 Å². The van der Waals surface area contributed by atoms with Gasteiger partial charge in [-0.25, -0.2) is 0 Å². The van der Waals surface area contributed by atoms with E-state index in [1.54, 1.807) is 0 Å². The summed E-state index contributed by atoms with van der Waals surface area (Å²) < 4.78 is 77.9. The summed E-state index contributed by atoms with van der Waals surface area (Å²) >= 11 is 4.92. The van der Waals surface area contributed by atoms with Crippen LogP contribution >= 0.6 is 11.6 Å². The van der Waals surface area contributed by atoms with E-state index in [0.717, 1.165) is 0 Å². The number of ether oxygens (including phenoxy) is 1. The molecule has 0 radical (unpaired) electrons. The van der Waals surface area contributed by atoms with Crippen molar-refractivity contribution >= 4 is 16.8 Å². The fraction of sp³-hybridized carbons (Fsp3) is 0.333. The molecule has 1 rings (SSSR count).